The van der Waals surface area contributed by atoms with Crippen LogP contribution >= 0.6 is 23.2 Å². The number of hydrogen-bond acceptors (Lipinski definition) is 6. The van der Waals surface area contributed by atoms with E-state index in [0.29, 0.717) is 38.7 Å². The van der Waals surface area contributed by atoms with Gasteiger partial charge in [0.15, 0.2) is 11.5 Å². The molecule has 0 amide bonds. The third kappa shape index (κ3) is 2.77. The van der Waals surface area contributed by atoms with E-state index in [0.717, 1.165) is 11.1 Å². The van der Waals surface area contributed by atoms with Crippen molar-refractivity contribution < 1.29 is 14.2 Å². The van der Waals surface area contributed by atoms with Crippen LogP contribution in [0.25, 0.3) is 11.3 Å². The highest BCUT2D eigenvalue weighted by atomic mass is 35.5. The van der Waals surface area contributed by atoms with Gasteiger partial charge in [-0.25, -0.2) is 0 Å². The van der Waals surface area contributed by atoms with Crippen molar-refractivity contribution in [1.82, 2.24) is 10.2 Å². The molecule has 144 valence electrons. The number of halogens is 2. The van der Waals surface area contributed by atoms with Gasteiger partial charge in [0.25, 0.3) is 0 Å². The van der Waals surface area contributed by atoms with Crippen LogP contribution in [0.2, 0.25) is 10.0 Å². The number of rotatable bonds is 2. The zero-order valence-corrected chi connectivity index (χ0v) is 16.2. The van der Waals surface area contributed by atoms with E-state index in [4.69, 9.17) is 43.1 Å². The van der Waals surface area contributed by atoms with E-state index in [1.807, 2.05) is 18.2 Å². The molecule has 3 aromatic rings. The van der Waals surface area contributed by atoms with Gasteiger partial charge in [0, 0.05) is 5.56 Å². The van der Waals surface area contributed by atoms with Crippen LogP contribution in [0.3, 0.4) is 0 Å². The van der Waals surface area contributed by atoms with E-state index in [1.165, 1.54) is 0 Å². The molecule has 0 fully saturated rings. The first-order valence-electron chi connectivity index (χ1n) is 8.57. The molecule has 0 saturated heterocycles. The summed E-state index contributed by atoms with van der Waals surface area (Å²) in [4.78, 5) is 0. The number of H-pyrrole nitrogens is 1. The van der Waals surface area contributed by atoms with Crippen molar-refractivity contribution in [1.29, 1.82) is 5.26 Å². The van der Waals surface area contributed by atoms with Gasteiger partial charge in [-0.2, -0.15) is 5.26 Å². The molecule has 1 atom stereocenters. The summed E-state index contributed by atoms with van der Waals surface area (Å²) in [7, 11) is 0. The highest BCUT2D eigenvalue weighted by Gasteiger charge is 2.36. The van der Waals surface area contributed by atoms with Crippen molar-refractivity contribution in [3.8, 4) is 34.7 Å². The van der Waals surface area contributed by atoms with Gasteiger partial charge < -0.3 is 19.9 Å². The molecule has 29 heavy (non-hydrogen) atoms. The molecule has 5 rings (SSSR count). The second kappa shape index (κ2) is 6.62. The van der Waals surface area contributed by atoms with E-state index in [2.05, 4.69) is 16.3 Å². The third-order valence-corrected chi connectivity index (χ3v) is 5.62. The molecule has 0 unspecified atom stereocenters. The smallest absolute Gasteiger partial charge is 0.244 e. The lowest BCUT2D eigenvalue weighted by atomic mass is 9.83. The predicted molar refractivity (Wildman–Crippen MR) is 106 cm³/mol. The summed E-state index contributed by atoms with van der Waals surface area (Å²) < 4.78 is 16.5. The summed E-state index contributed by atoms with van der Waals surface area (Å²) in [6, 6.07) is 12.9. The molecule has 9 heteroatoms. The Bertz CT molecular complexity index is 1230. The second-order valence-corrected chi connectivity index (χ2v) is 7.30. The Morgan fingerprint density at radius 1 is 1.10 bits per heavy atom. The van der Waals surface area contributed by atoms with Crippen LogP contribution in [0.5, 0.6) is 17.4 Å². The molecule has 0 aliphatic carbocycles. The summed E-state index contributed by atoms with van der Waals surface area (Å²) >= 11 is 12.3. The number of nitriles is 1. The average Bonchev–Trinajstić information content (AvgIpc) is 3.35. The Kier molecular flexibility index (Phi) is 4.05. The maximum Gasteiger partial charge on any atom is 0.244 e. The normalized spacial score (nSPS) is 16.9. The number of nitrogens with zero attached hydrogens (tertiary/aromatic N) is 2. The van der Waals surface area contributed by atoms with Gasteiger partial charge in [0.2, 0.25) is 18.6 Å². The van der Waals surface area contributed by atoms with E-state index < -0.39 is 5.92 Å². The number of aromatic amines is 1. The number of benzene rings is 2. The van der Waals surface area contributed by atoms with Crippen molar-refractivity contribution in [2.24, 2.45) is 5.73 Å². The molecule has 1 aromatic heterocycles. The molecule has 2 aliphatic heterocycles. The lowest BCUT2D eigenvalue weighted by molar-refractivity contribution is 0.174. The van der Waals surface area contributed by atoms with Crippen LogP contribution in [0, 0.1) is 11.3 Å². The first-order chi connectivity index (χ1) is 14.1. The number of hydrogen-bond donors (Lipinski definition) is 2. The van der Waals surface area contributed by atoms with Gasteiger partial charge in [-0.1, -0.05) is 29.3 Å². The van der Waals surface area contributed by atoms with Crippen LogP contribution in [-0.4, -0.2) is 17.0 Å². The fourth-order valence-electron chi connectivity index (χ4n) is 3.54. The lowest BCUT2D eigenvalue weighted by Gasteiger charge is -2.24. The van der Waals surface area contributed by atoms with Gasteiger partial charge in [0.1, 0.15) is 11.6 Å². The summed E-state index contributed by atoms with van der Waals surface area (Å²) in [5, 5.41) is 17.8. The molecule has 7 nitrogen and oxygen atoms in total. The number of nitrogens with two attached hydrogens (primary N) is 1. The SMILES string of the molecule is N#CC1=C(N)Oc2n[nH]c(-c3ccc4c(c3)OCO4)c2[C@@H]1c1ccc(Cl)c(Cl)c1. The Hall–Kier alpha value is -3.34. The van der Waals surface area contributed by atoms with Crippen molar-refractivity contribution in [3.63, 3.8) is 0 Å². The van der Waals surface area contributed by atoms with Gasteiger partial charge >= 0.3 is 0 Å². The zero-order chi connectivity index (χ0) is 20.1. The molecule has 3 heterocycles. The summed E-state index contributed by atoms with van der Waals surface area (Å²) in [6.45, 7) is 0.173. The van der Waals surface area contributed by atoms with Gasteiger partial charge in [-0.3, -0.25) is 5.10 Å². The van der Waals surface area contributed by atoms with Gasteiger partial charge in [-0.05, 0) is 35.9 Å². The first-order valence-corrected chi connectivity index (χ1v) is 9.33. The Morgan fingerprint density at radius 3 is 2.72 bits per heavy atom. The fourth-order valence-corrected chi connectivity index (χ4v) is 3.85. The zero-order valence-electron chi connectivity index (χ0n) is 14.7. The van der Waals surface area contributed by atoms with Crippen molar-refractivity contribution >= 4 is 23.2 Å². The molecule has 0 spiro atoms. The van der Waals surface area contributed by atoms with E-state index in [1.54, 1.807) is 18.2 Å². The van der Waals surface area contributed by atoms with Crippen molar-refractivity contribution in [2.75, 3.05) is 6.79 Å². The Balaban J connectivity index is 1.71. The molecule has 2 aliphatic rings. The number of allylic oxidation sites excluding steroid dienone is 1. The van der Waals surface area contributed by atoms with Crippen LogP contribution < -0.4 is 19.9 Å². The molecule has 0 bridgehead atoms. The summed E-state index contributed by atoms with van der Waals surface area (Å²) in [5.41, 5.74) is 9.16. The minimum Gasteiger partial charge on any atom is -0.454 e. The lowest BCUT2D eigenvalue weighted by Crippen LogP contribution is -2.21. The second-order valence-electron chi connectivity index (χ2n) is 6.48. The molecular weight excluding hydrogens is 415 g/mol. The molecule has 0 radical (unpaired) electrons. The number of nitrogens with one attached hydrogen (secondary N) is 1. The highest BCUT2D eigenvalue weighted by molar-refractivity contribution is 6.42. The minimum absolute atomic E-state index is 0.000177. The van der Waals surface area contributed by atoms with Crippen LogP contribution in [0.1, 0.15) is 17.0 Å². The van der Waals surface area contributed by atoms with Crippen LogP contribution in [-0.2, 0) is 0 Å². The Morgan fingerprint density at radius 2 is 1.93 bits per heavy atom. The monoisotopic (exact) mass is 426 g/mol. The topological polar surface area (TPSA) is 106 Å². The predicted octanol–water partition coefficient (Wildman–Crippen LogP) is 4.33. The number of fused-ring (bicyclic) bond motifs is 2. The van der Waals surface area contributed by atoms with Gasteiger partial charge in [0.05, 0.1) is 27.2 Å². The number of ether oxygens (including phenoxy) is 3. The van der Waals surface area contributed by atoms with Crippen molar-refractivity contribution in [2.45, 2.75) is 5.92 Å². The minimum atomic E-state index is -0.530. The van der Waals surface area contributed by atoms with E-state index in [9.17, 15) is 5.26 Å². The molecule has 3 N–H and O–H groups in total. The average molecular weight is 427 g/mol. The maximum atomic E-state index is 9.77. The van der Waals surface area contributed by atoms with E-state index in [-0.39, 0.29) is 18.2 Å². The van der Waals surface area contributed by atoms with Gasteiger partial charge in [-0.15, -0.1) is 5.10 Å². The van der Waals surface area contributed by atoms with E-state index >= 15 is 0 Å². The highest BCUT2D eigenvalue weighted by Crippen LogP contribution is 2.47. The third-order valence-electron chi connectivity index (χ3n) is 4.88. The van der Waals surface area contributed by atoms with Crippen LogP contribution in [0.15, 0.2) is 47.9 Å². The fraction of sp³-hybridized carbons (Fsp3) is 0.100. The van der Waals surface area contributed by atoms with Crippen LogP contribution in [0.4, 0.5) is 0 Å². The standard InChI is InChI=1S/C20H12Cl2N4O3/c21-12-3-1-9(5-13(12)22)16-11(7-23)19(24)29-20-17(16)18(25-26-20)10-2-4-14-15(6-10)28-8-27-14/h1-6,16H,8,24H2,(H,25,26)/t16-/m1/s1. The Labute approximate surface area is 175 Å². The number of aromatic nitrogens is 2. The summed E-state index contributed by atoms with van der Waals surface area (Å²) in [6.07, 6.45) is 0. The first kappa shape index (κ1) is 17.7. The molecular formula is C20H12Cl2N4O3. The van der Waals surface area contributed by atoms with Crippen molar-refractivity contribution in [3.05, 3.63) is 69.0 Å². The maximum absolute atomic E-state index is 9.77. The molecule has 2 aromatic carbocycles. The summed E-state index contributed by atoms with van der Waals surface area (Å²) in [5.74, 6) is 1.06. The largest absolute Gasteiger partial charge is 0.454 e. The quantitative estimate of drug-likeness (QED) is 0.631. The molecule has 0 saturated carbocycles.